The van der Waals surface area contributed by atoms with Gasteiger partial charge in [-0.15, -0.1) is 0 Å². The standard InChI is InChI=1S/C18H23FN6O5S.C2HF3O2/c1-12-5-6-15(24-31(28,29)11-13-3-2-4-14(19)9-13)17(27)25(12)10-16(26)22-7-8-30-23-18(20)21;3-2(4,5)1(6)7/h2-6,9,24H,7-8,10-11H2,1H3,(H,22,26)(H4,20,21,23);(H,6,7). The molecule has 0 atom stereocenters. The molecule has 0 saturated carbocycles. The molecule has 0 aliphatic rings. The van der Waals surface area contributed by atoms with Crippen molar-refractivity contribution in [2.24, 2.45) is 16.6 Å². The molecule has 0 radical (unpaired) electrons. The van der Waals surface area contributed by atoms with Crippen LogP contribution in [0.2, 0.25) is 0 Å². The number of halogens is 4. The minimum absolute atomic E-state index is 0.0113. The highest BCUT2D eigenvalue weighted by molar-refractivity contribution is 7.91. The highest BCUT2D eigenvalue weighted by Crippen LogP contribution is 2.13. The second-order valence-electron chi connectivity index (χ2n) is 7.27. The molecule has 1 amide bonds. The van der Waals surface area contributed by atoms with Gasteiger partial charge in [-0.05, 0) is 41.9 Å². The lowest BCUT2D eigenvalue weighted by atomic mass is 10.2. The Kier molecular flexibility index (Phi) is 11.5. The van der Waals surface area contributed by atoms with Crippen molar-refractivity contribution in [1.82, 2.24) is 9.88 Å². The number of carboxylic acids is 1. The van der Waals surface area contributed by atoms with E-state index in [4.69, 9.17) is 26.2 Å². The minimum atomic E-state index is -5.08. The molecular weight excluding hydrogens is 544 g/mol. The lowest BCUT2D eigenvalue weighted by Gasteiger charge is -2.13. The number of sulfonamides is 1. The van der Waals surface area contributed by atoms with Gasteiger partial charge in [0.2, 0.25) is 21.9 Å². The van der Waals surface area contributed by atoms with Crippen molar-refractivity contribution in [3.63, 3.8) is 0 Å². The van der Waals surface area contributed by atoms with Crippen LogP contribution in [0.4, 0.5) is 23.2 Å². The second kappa shape index (κ2) is 13.8. The molecule has 0 bridgehead atoms. The maximum Gasteiger partial charge on any atom is 0.490 e. The number of carbonyl (C=O) groups excluding carboxylic acids is 1. The average molecular weight is 569 g/mol. The number of hydrogen-bond acceptors (Lipinski definition) is 7. The van der Waals surface area contributed by atoms with E-state index in [1.54, 1.807) is 6.92 Å². The number of alkyl halides is 3. The number of pyridine rings is 1. The summed E-state index contributed by atoms with van der Waals surface area (Å²) in [4.78, 5) is 38.4. The number of amides is 1. The monoisotopic (exact) mass is 568 g/mol. The van der Waals surface area contributed by atoms with Crippen LogP contribution in [0.5, 0.6) is 0 Å². The number of hydrogen-bond donors (Lipinski definition) is 5. The van der Waals surface area contributed by atoms with Crippen molar-refractivity contribution in [1.29, 1.82) is 0 Å². The van der Waals surface area contributed by atoms with E-state index < -0.39 is 45.2 Å². The maximum atomic E-state index is 13.3. The van der Waals surface area contributed by atoms with Crippen molar-refractivity contribution >= 4 is 33.5 Å². The summed E-state index contributed by atoms with van der Waals surface area (Å²) in [6, 6.07) is 7.93. The van der Waals surface area contributed by atoms with E-state index in [9.17, 15) is 35.6 Å². The van der Waals surface area contributed by atoms with Gasteiger partial charge in [-0.1, -0.05) is 12.1 Å². The number of nitrogens with zero attached hydrogens (tertiary/aromatic N) is 2. The highest BCUT2D eigenvalue weighted by atomic mass is 32.2. The number of oxime groups is 1. The number of nitrogens with one attached hydrogen (secondary N) is 2. The van der Waals surface area contributed by atoms with E-state index in [2.05, 4.69) is 15.2 Å². The molecule has 210 valence electrons. The molecule has 0 aliphatic carbocycles. The summed E-state index contributed by atoms with van der Waals surface area (Å²) in [5, 5.41) is 12.9. The largest absolute Gasteiger partial charge is 0.490 e. The lowest BCUT2D eigenvalue weighted by Crippen LogP contribution is -2.36. The molecule has 0 aliphatic heterocycles. The number of carboxylic acid groups (broad SMARTS) is 1. The third-order valence-electron chi connectivity index (χ3n) is 4.13. The van der Waals surface area contributed by atoms with Gasteiger partial charge in [0.25, 0.3) is 5.56 Å². The van der Waals surface area contributed by atoms with Crippen molar-refractivity contribution in [2.45, 2.75) is 25.4 Å². The summed E-state index contributed by atoms with van der Waals surface area (Å²) < 4.78 is 73.1. The molecule has 0 saturated heterocycles. The van der Waals surface area contributed by atoms with Crippen LogP contribution in [0.1, 0.15) is 11.3 Å². The number of aryl methyl sites for hydroxylation is 1. The van der Waals surface area contributed by atoms with E-state index in [-0.39, 0.29) is 36.9 Å². The number of guanidine groups is 1. The van der Waals surface area contributed by atoms with Crippen LogP contribution >= 0.6 is 0 Å². The summed E-state index contributed by atoms with van der Waals surface area (Å²) in [6.45, 7) is 1.36. The zero-order valence-corrected chi connectivity index (χ0v) is 20.5. The maximum absolute atomic E-state index is 13.3. The third-order valence-corrected chi connectivity index (χ3v) is 5.38. The summed E-state index contributed by atoms with van der Waals surface area (Å²) in [6.07, 6.45) is -5.08. The first-order valence-corrected chi connectivity index (χ1v) is 11.9. The van der Waals surface area contributed by atoms with Crippen LogP contribution in [0.25, 0.3) is 0 Å². The molecule has 2 rings (SSSR count). The van der Waals surface area contributed by atoms with Gasteiger partial charge in [0.05, 0.1) is 12.3 Å². The van der Waals surface area contributed by atoms with Crippen molar-refractivity contribution in [3.8, 4) is 0 Å². The van der Waals surface area contributed by atoms with Crippen LogP contribution in [-0.4, -0.2) is 55.3 Å². The van der Waals surface area contributed by atoms with Crippen LogP contribution in [-0.2, 0) is 36.7 Å². The first-order valence-electron chi connectivity index (χ1n) is 10.2. The Labute approximate surface area is 213 Å². The summed E-state index contributed by atoms with van der Waals surface area (Å²) in [5.41, 5.74) is 9.92. The van der Waals surface area contributed by atoms with Crippen molar-refractivity contribution in [3.05, 3.63) is 63.8 Å². The molecule has 0 fully saturated rings. The van der Waals surface area contributed by atoms with Crippen LogP contribution in [0.3, 0.4) is 0 Å². The third kappa shape index (κ3) is 11.6. The summed E-state index contributed by atoms with van der Waals surface area (Å²) in [7, 11) is -3.99. The summed E-state index contributed by atoms with van der Waals surface area (Å²) in [5.74, 6) is -4.61. The Morgan fingerprint density at radius 1 is 1.18 bits per heavy atom. The topological polar surface area (TPSA) is 208 Å². The molecule has 1 aromatic heterocycles. The van der Waals surface area contributed by atoms with Gasteiger partial charge >= 0.3 is 12.1 Å². The summed E-state index contributed by atoms with van der Waals surface area (Å²) >= 11 is 0. The Bertz CT molecular complexity index is 1330. The molecular formula is C20H24F4N6O7S. The van der Waals surface area contributed by atoms with E-state index in [0.717, 1.165) is 10.6 Å². The van der Waals surface area contributed by atoms with E-state index >= 15 is 0 Å². The number of anilines is 1. The van der Waals surface area contributed by atoms with Crippen LogP contribution < -0.4 is 27.1 Å². The smallest absolute Gasteiger partial charge is 0.475 e. The quantitative estimate of drug-likeness (QED) is 0.0870. The number of aliphatic carboxylic acids is 1. The van der Waals surface area contributed by atoms with Gasteiger partial charge in [-0.3, -0.25) is 14.3 Å². The van der Waals surface area contributed by atoms with Crippen LogP contribution in [0, 0.1) is 12.7 Å². The Morgan fingerprint density at radius 2 is 1.82 bits per heavy atom. The van der Waals surface area contributed by atoms with E-state index in [1.807, 2.05) is 0 Å². The van der Waals surface area contributed by atoms with Crippen LogP contribution in [0.15, 0.2) is 46.3 Å². The molecule has 18 heteroatoms. The first-order chi connectivity index (χ1) is 17.5. The SMILES string of the molecule is Cc1ccc(NS(=O)(=O)Cc2cccc(F)c2)c(=O)n1CC(=O)NCCON=C(N)N.O=C(O)C(F)(F)F. The Morgan fingerprint density at radius 3 is 2.37 bits per heavy atom. The lowest BCUT2D eigenvalue weighted by molar-refractivity contribution is -0.192. The predicted octanol–water partition coefficient (Wildman–Crippen LogP) is 0.192. The zero-order chi connectivity index (χ0) is 29.1. The molecule has 13 nitrogen and oxygen atoms in total. The van der Waals surface area contributed by atoms with Crippen molar-refractivity contribution < 1.29 is 45.5 Å². The van der Waals surface area contributed by atoms with Gasteiger partial charge in [-0.25, -0.2) is 17.6 Å². The molecule has 1 heterocycles. The minimum Gasteiger partial charge on any atom is -0.475 e. The molecule has 7 N–H and O–H groups in total. The van der Waals surface area contributed by atoms with Crippen molar-refractivity contribution in [2.75, 3.05) is 17.9 Å². The van der Waals surface area contributed by atoms with Gasteiger partial charge in [0.1, 0.15) is 24.7 Å². The normalized spacial score (nSPS) is 11.0. The van der Waals surface area contributed by atoms with Gasteiger partial charge in [0.15, 0.2) is 0 Å². The van der Waals surface area contributed by atoms with E-state index in [0.29, 0.717) is 5.69 Å². The predicted molar refractivity (Wildman–Crippen MR) is 127 cm³/mol. The Balaban J connectivity index is 0.000000905. The second-order valence-corrected chi connectivity index (χ2v) is 9.00. The molecule has 1 aromatic carbocycles. The Hall–Kier alpha value is -4.35. The molecule has 2 aromatic rings. The van der Waals surface area contributed by atoms with Gasteiger partial charge < -0.3 is 31.3 Å². The molecule has 38 heavy (non-hydrogen) atoms. The number of carbonyl (C=O) groups is 2. The fourth-order valence-electron chi connectivity index (χ4n) is 2.55. The number of nitrogens with two attached hydrogens (primary N) is 2. The number of rotatable bonds is 10. The zero-order valence-electron chi connectivity index (χ0n) is 19.7. The highest BCUT2D eigenvalue weighted by Gasteiger charge is 2.38. The van der Waals surface area contributed by atoms with Gasteiger partial charge in [0, 0.05) is 5.69 Å². The fraction of sp³-hybridized carbons (Fsp3) is 0.300. The molecule has 0 spiro atoms. The van der Waals surface area contributed by atoms with Gasteiger partial charge in [-0.2, -0.15) is 13.2 Å². The fourth-order valence-corrected chi connectivity index (χ4v) is 3.73. The number of benzene rings is 1. The number of aromatic nitrogens is 1. The molecule has 0 unspecified atom stereocenters. The average Bonchev–Trinajstić information content (AvgIpc) is 2.77. The van der Waals surface area contributed by atoms with E-state index in [1.165, 1.54) is 30.3 Å². The first kappa shape index (κ1) is 31.7.